The SMILES string of the molecule is COc1cccc2sc(N3CCN(CCNC(=O)/C=C/c4cccs4)CC3)nc12. The predicted molar refractivity (Wildman–Crippen MR) is 121 cm³/mol. The van der Waals surface area contributed by atoms with Crippen molar-refractivity contribution < 1.29 is 9.53 Å². The molecular weight excluding hydrogens is 404 g/mol. The van der Waals surface area contributed by atoms with E-state index in [0.717, 1.165) is 58.7 Å². The highest BCUT2D eigenvalue weighted by Gasteiger charge is 2.20. The van der Waals surface area contributed by atoms with Gasteiger partial charge in [0.25, 0.3) is 0 Å². The van der Waals surface area contributed by atoms with Gasteiger partial charge in [-0.15, -0.1) is 11.3 Å². The zero-order valence-electron chi connectivity index (χ0n) is 16.3. The lowest BCUT2D eigenvalue weighted by Crippen LogP contribution is -2.48. The molecule has 1 fully saturated rings. The Morgan fingerprint density at radius 3 is 2.86 bits per heavy atom. The largest absolute Gasteiger partial charge is 0.494 e. The molecule has 3 aromatic rings. The number of aromatic nitrogens is 1. The van der Waals surface area contributed by atoms with Crippen molar-refractivity contribution in [1.29, 1.82) is 0 Å². The summed E-state index contributed by atoms with van der Waals surface area (Å²) in [6.07, 6.45) is 3.46. The van der Waals surface area contributed by atoms with Gasteiger partial charge in [0.1, 0.15) is 11.3 Å². The number of anilines is 1. The Hall–Kier alpha value is -2.42. The smallest absolute Gasteiger partial charge is 0.244 e. The molecule has 6 nitrogen and oxygen atoms in total. The van der Waals surface area contributed by atoms with Gasteiger partial charge in [0.05, 0.1) is 11.8 Å². The number of thiophene rings is 1. The molecule has 0 atom stereocenters. The molecule has 1 amide bonds. The average molecular weight is 429 g/mol. The first-order chi connectivity index (χ1) is 14.2. The highest BCUT2D eigenvalue weighted by Crippen LogP contribution is 2.34. The fourth-order valence-electron chi connectivity index (χ4n) is 3.31. The van der Waals surface area contributed by atoms with Crippen molar-refractivity contribution in [3.8, 4) is 5.75 Å². The topological polar surface area (TPSA) is 57.7 Å². The van der Waals surface area contributed by atoms with Crippen molar-refractivity contribution in [2.75, 3.05) is 51.3 Å². The van der Waals surface area contributed by atoms with Crippen LogP contribution < -0.4 is 15.0 Å². The number of thiazole rings is 1. The minimum Gasteiger partial charge on any atom is -0.494 e. The van der Waals surface area contributed by atoms with Gasteiger partial charge in [-0.05, 0) is 29.7 Å². The standard InChI is InChI=1S/C21H24N4O2S2/c1-27-17-5-2-6-18-20(17)23-21(29-18)25-13-11-24(12-14-25)10-9-22-19(26)8-7-16-4-3-15-28-16/h2-8,15H,9-14H2,1H3,(H,22,26)/b8-7+. The van der Waals surface area contributed by atoms with Gasteiger partial charge >= 0.3 is 0 Å². The maximum atomic E-state index is 11.9. The van der Waals surface area contributed by atoms with Gasteiger partial charge in [0.15, 0.2) is 5.13 Å². The molecule has 0 radical (unpaired) electrons. The van der Waals surface area contributed by atoms with Crippen LogP contribution in [0.1, 0.15) is 4.88 Å². The first-order valence-corrected chi connectivity index (χ1v) is 11.3. The van der Waals surface area contributed by atoms with Gasteiger partial charge in [0, 0.05) is 50.2 Å². The summed E-state index contributed by atoms with van der Waals surface area (Å²) < 4.78 is 6.58. The van der Waals surface area contributed by atoms with Crippen LogP contribution in [-0.2, 0) is 4.79 Å². The molecule has 0 aliphatic carbocycles. The van der Waals surface area contributed by atoms with Gasteiger partial charge in [0.2, 0.25) is 5.91 Å². The number of methoxy groups -OCH3 is 1. The molecule has 0 bridgehead atoms. The third-order valence-corrected chi connectivity index (χ3v) is 6.82. The first-order valence-electron chi connectivity index (χ1n) is 9.63. The van der Waals surface area contributed by atoms with Crippen LogP contribution >= 0.6 is 22.7 Å². The summed E-state index contributed by atoms with van der Waals surface area (Å²) in [5.41, 5.74) is 0.941. The summed E-state index contributed by atoms with van der Waals surface area (Å²) in [7, 11) is 1.68. The Bertz CT molecular complexity index is 976. The van der Waals surface area contributed by atoms with Crippen LogP contribution in [0.5, 0.6) is 5.75 Å². The van der Waals surface area contributed by atoms with Gasteiger partial charge in [-0.1, -0.05) is 23.5 Å². The van der Waals surface area contributed by atoms with E-state index in [0.29, 0.717) is 6.54 Å². The van der Waals surface area contributed by atoms with E-state index in [4.69, 9.17) is 9.72 Å². The fourth-order valence-corrected chi connectivity index (χ4v) is 4.97. The molecule has 0 saturated carbocycles. The number of carbonyl (C=O) groups excluding carboxylic acids is 1. The second-order valence-corrected chi connectivity index (χ2v) is 8.76. The molecule has 1 aliphatic heterocycles. The third kappa shape index (κ3) is 4.95. The molecule has 152 valence electrons. The second-order valence-electron chi connectivity index (χ2n) is 6.77. The molecule has 29 heavy (non-hydrogen) atoms. The van der Waals surface area contributed by atoms with Crippen molar-refractivity contribution in [3.63, 3.8) is 0 Å². The maximum Gasteiger partial charge on any atom is 0.244 e. The molecule has 3 heterocycles. The summed E-state index contributed by atoms with van der Waals surface area (Å²) in [6.45, 7) is 5.33. The third-order valence-electron chi connectivity index (χ3n) is 4.90. The van der Waals surface area contributed by atoms with Crippen molar-refractivity contribution in [2.24, 2.45) is 0 Å². The molecule has 8 heteroatoms. The van der Waals surface area contributed by atoms with Crippen LogP contribution in [0, 0.1) is 0 Å². The molecule has 1 aromatic carbocycles. The van der Waals surface area contributed by atoms with Crippen molar-refractivity contribution >= 4 is 50.0 Å². The number of hydrogen-bond acceptors (Lipinski definition) is 7. The zero-order chi connectivity index (χ0) is 20.1. The number of ether oxygens (including phenoxy) is 1. The second kappa shape index (κ2) is 9.39. The lowest BCUT2D eigenvalue weighted by molar-refractivity contribution is -0.116. The Labute approximate surface area is 178 Å². The fraction of sp³-hybridized carbons (Fsp3) is 0.333. The lowest BCUT2D eigenvalue weighted by atomic mass is 10.3. The monoisotopic (exact) mass is 428 g/mol. The summed E-state index contributed by atoms with van der Waals surface area (Å²) >= 11 is 3.34. The van der Waals surface area contributed by atoms with Gasteiger partial charge in [-0.2, -0.15) is 0 Å². The molecule has 4 rings (SSSR count). The Morgan fingerprint density at radius 1 is 1.24 bits per heavy atom. The minimum absolute atomic E-state index is 0.0412. The van der Waals surface area contributed by atoms with Crippen molar-refractivity contribution in [2.45, 2.75) is 0 Å². The number of nitrogens with zero attached hydrogens (tertiary/aromatic N) is 3. The van der Waals surface area contributed by atoms with Crippen molar-refractivity contribution in [1.82, 2.24) is 15.2 Å². The average Bonchev–Trinajstić information content (AvgIpc) is 3.42. The summed E-state index contributed by atoms with van der Waals surface area (Å²) in [5.74, 6) is 0.785. The normalized spacial score (nSPS) is 15.3. The molecule has 0 unspecified atom stereocenters. The van der Waals surface area contributed by atoms with E-state index < -0.39 is 0 Å². The number of fused-ring (bicyclic) bond motifs is 1. The van der Waals surface area contributed by atoms with Crippen LogP contribution in [0.25, 0.3) is 16.3 Å². The number of rotatable bonds is 7. The van der Waals surface area contributed by atoms with Crippen LogP contribution in [0.4, 0.5) is 5.13 Å². The number of benzene rings is 1. The van der Waals surface area contributed by atoms with E-state index >= 15 is 0 Å². The molecule has 0 spiro atoms. The quantitative estimate of drug-likeness (QED) is 0.585. The summed E-state index contributed by atoms with van der Waals surface area (Å²) in [6, 6.07) is 10.0. The summed E-state index contributed by atoms with van der Waals surface area (Å²) in [5, 5.41) is 6.02. The molecule has 2 aromatic heterocycles. The van der Waals surface area contributed by atoms with E-state index in [9.17, 15) is 4.79 Å². The van der Waals surface area contributed by atoms with E-state index in [1.165, 1.54) is 0 Å². The Morgan fingerprint density at radius 2 is 2.10 bits per heavy atom. The van der Waals surface area contributed by atoms with E-state index in [1.54, 1.807) is 35.9 Å². The molecular formula is C21H24N4O2S2. The van der Waals surface area contributed by atoms with Gasteiger partial charge in [-0.3, -0.25) is 9.69 Å². The number of nitrogens with one attached hydrogen (secondary N) is 1. The van der Waals surface area contributed by atoms with Crippen LogP contribution in [0.2, 0.25) is 0 Å². The predicted octanol–water partition coefficient (Wildman–Crippen LogP) is 3.32. The van der Waals surface area contributed by atoms with E-state index in [2.05, 4.69) is 21.2 Å². The molecule has 1 N–H and O–H groups in total. The number of para-hydroxylation sites is 1. The number of amides is 1. The Balaban J connectivity index is 1.23. The summed E-state index contributed by atoms with van der Waals surface area (Å²) in [4.78, 5) is 22.5. The molecule has 1 saturated heterocycles. The van der Waals surface area contributed by atoms with Crippen LogP contribution in [0.3, 0.4) is 0 Å². The number of carbonyl (C=O) groups is 1. The number of piperazine rings is 1. The van der Waals surface area contributed by atoms with E-state index in [1.807, 2.05) is 35.7 Å². The first kappa shape index (κ1) is 19.9. The Kier molecular flexibility index (Phi) is 6.43. The number of hydrogen-bond donors (Lipinski definition) is 1. The maximum absolute atomic E-state index is 11.9. The highest BCUT2D eigenvalue weighted by atomic mass is 32.1. The van der Waals surface area contributed by atoms with Crippen LogP contribution in [-0.4, -0.2) is 62.2 Å². The minimum atomic E-state index is -0.0412. The molecule has 1 aliphatic rings. The van der Waals surface area contributed by atoms with Gasteiger partial charge in [-0.25, -0.2) is 4.98 Å². The lowest BCUT2D eigenvalue weighted by Gasteiger charge is -2.34. The van der Waals surface area contributed by atoms with Crippen LogP contribution in [0.15, 0.2) is 41.8 Å². The highest BCUT2D eigenvalue weighted by molar-refractivity contribution is 7.22. The van der Waals surface area contributed by atoms with E-state index in [-0.39, 0.29) is 5.91 Å². The zero-order valence-corrected chi connectivity index (χ0v) is 18.0. The van der Waals surface area contributed by atoms with Gasteiger partial charge < -0.3 is 15.0 Å². The van der Waals surface area contributed by atoms with Crippen molar-refractivity contribution in [3.05, 3.63) is 46.7 Å².